The first-order valence-corrected chi connectivity index (χ1v) is 10.6. The number of nitriles is 1. The van der Waals surface area contributed by atoms with Crippen LogP contribution < -0.4 is 4.90 Å². The van der Waals surface area contributed by atoms with Crippen LogP contribution in [0.4, 0.5) is 5.82 Å². The van der Waals surface area contributed by atoms with Crippen molar-refractivity contribution in [2.45, 2.75) is 12.5 Å². The Hall–Kier alpha value is -3.76. The van der Waals surface area contributed by atoms with Gasteiger partial charge in [0.2, 0.25) is 0 Å². The number of hydrogen-bond donors (Lipinski definition) is 0. The van der Waals surface area contributed by atoms with Crippen molar-refractivity contribution in [1.29, 1.82) is 5.26 Å². The van der Waals surface area contributed by atoms with Crippen LogP contribution in [0.3, 0.4) is 0 Å². The summed E-state index contributed by atoms with van der Waals surface area (Å²) >= 11 is 0. The number of para-hydroxylation sites is 2. The molecule has 2 heterocycles. The van der Waals surface area contributed by atoms with E-state index < -0.39 is 11.9 Å². The zero-order chi connectivity index (χ0) is 22.3. The molecule has 1 atom stereocenters. The van der Waals surface area contributed by atoms with Gasteiger partial charge in [0.15, 0.2) is 11.7 Å². The summed E-state index contributed by atoms with van der Waals surface area (Å²) in [5, 5.41) is 9.78. The van der Waals surface area contributed by atoms with Gasteiger partial charge in [-0.05, 0) is 17.7 Å². The summed E-state index contributed by atoms with van der Waals surface area (Å²) in [6.45, 7) is 7.65. The molecule has 1 fully saturated rings. The molecule has 1 aromatic heterocycles. The fraction of sp³-hybridized carbons (Fsp3) is 0.280. The second-order valence-corrected chi connectivity index (χ2v) is 7.65. The second kappa shape index (κ2) is 10.0. The molecule has 0 unspecified atom stereocenters. The zero-order valence-corrected chi connectivity index (χ0v) is 17.9. The lowest BCUT2D eigenvalue weighted by Crippen LogP contribution is -2.46. The molecule has 162 valence electrons. The van der Waals surface area contributed by atoms with Crippen LogP contribution in [-0.4, -0.2) is 53.6 Å². The minimum Gasteiger partial charge on any atom is -0.460 e. The van der Waals surface area contributed by atoms with E-state index in [-0.39, 0.29) is 6.61 Å². The molecular weight excluding hydrogens is 402 g/mol. The van der Waals surface area contributed by atoms with Crippen molar-refractivity contribution in [1.82, 2.24) is 14.9 Å². The quantitative estimate of drug-likeness (QED) is 0.423. The summed E-state index contributed by atoms with van der Waals surface area (Å²) in [4.78, 5) is 26.6. The number of benzene rings is 2. The molecule has 1 aliphatic rings. The van der Waals surface area contributed by atoms with Gasteiger partial charge in [0.25, 0.3) is 0 Å². The number of carbonyl (C=O) groups is 1. The van der Waals surface area contributed by atoms with Crippen LogP contribution in [0.1, 0.15) is 17.2 Å². The molecule has 1 saturated heterocycles. The van der Waals surface area contributed by atoms with Crippen LogP contribution in [0.25, 0.3) is 11.0 Å². The molecule has 3 aromatic rings. The first kappa shape index (κ1) is 21.5. The van der Waals surface area contributed by atoms with E-state index in [1.807, 2.05) is 30.3 Å². The van der Waals surface area contributed by atoms with Gasteiger partial charge in [0.05, 0.1) is 17.1 Å². The van der Waals surface area contributed by atoms with Gasteiger partial charge in [-0.1, -0.05) is 55.1 Å². The summed E-state index contributed by atoms with van der Waals surface area (Å²) in [6.07, 6.45) is 1.48. The van der Waals surface area contributed by atoms with Crippen molar-refractivity contribution in [2.24, 2.45) is 0 Å². The van der Waals surface area contributed by atoms with Crippen LogP contribution in [0.2, 0.25) is 0 Å². The minimum absolute atomic E-state index is 0.0471. The third kappa shape index (κ3) is 4.76. The maximum absolute atomic E-state index is 12.6. The molecule has 4 rings (SSSR count). The van der Waals surface area contributed by atoms with E-state index in [0.29, 0.717) is 17.0 Å². The molecule has 32 heavy (non-hydrogen) atoms. The largest absolute Gasteiger partial charge is 0.460 e. The van der Waals surface area contributed by atoms with E-state index >= 15 is 0 Å². The number of nitrogens with zero attached hydrogens (tertiary/aromatic N) is 5. The number of esters is 1. The number of piperazine rings is 1. The van der Waals surface area contributed by atoms with E-state index in [0.717, 1.165) is 38.2 Å². The van der Waals surface area contributed by atoms with E-state index in [9.17, 15) is 10.1 Å². The van der Waals surface area contributed by atoms with E-state index in [4.69, 9.17) is 9.72 Å². The van der Waals surface area contributed by atoms with Crippen molar-refractivity contribution in [3.63, 3.8) is 0 Å². The molecule has 0 bridgehead atoms. The smallest absolute Gasteiger partial charge is 0.330 e. The molecule has 0 radical (unpaired) electrons. The number of hydrogen-bond acceptors (Lipinski definition) is 7. The third-order valence-electron chi connectivity index (χ3n) is 5.48. The fourth-order valence-electron chi connectivity index (χ4n) is 3.84. The van der Waals surface area contributed by atoms with Crippen LogP contribution in [0.5, 0.6) is 0 Å². The highest BCUT2D eigenvalue weighted by Crippen LogP contribution is 2.29. The zero-order valence-electron chi connectivity index (χ0n) is 17.9. The Labute approximate surface area is 187 Å². The van der Waals surface area contributed by atoms with Crippen LogP contribution in [-0.2, 0) is 16.1 Å². The molecule has 2 aromatic carbocycles. The first-order chi connectivity index (χ1) is 15.7. The average Bonchev–Trinajstić information content (AvgIpc) is 2.84. The Morgan fingerprint density at radius 2 is 1.72 bits per heavy atom. The second-order valence-electron chi connectivity index (χ2n) is 7.65. The number of aromatic nitrogens is 2. The van der Waals surface area contributed by atoms with Gasteiger partial charge in [-0.3, -0.25) is 9.69 Å². The van der Waals surface area contributed by atoms with Gasteiger partial charge in [0, 0.05) is 32.7 Å². The number of rotatable bonds is 7. The fourth-order valence-corrected chi connectivity index (χ4v) is 3.84. The lowest BCUT2D eigenvalue weighted by molar-refractivity contribution is -0.142. The van der Waals surface area contributed by atoms with Crippen LogP contribution in [0, 0.1) is 11.3 Å². The standard InChI is InChI=1S/C25H25N5O2/c1-2-16-32-25(31)20(17-26)23-24(28-22-11-7-6-10-21(22)27-23)30-14-12-29(13-15-30)18-19-8-4-3-5-9-19/h2-11,20H,1,12-16,18H2/t20-/m1/s1. The maximum Gasteiger partial charge on any atom is 0.330 e. The van der Waals surface area contributed by atoms with Crippen LogP contribution in [0.15, 0.2) is 67.3 Å². The summed E-state index contributed by atoms with van der Waals surface area (Å²) in [5.74, 6) is -1.21. The number of ether oxygens (including phenoxy) is 1. The Kier molecular flexibility index (Phi) is 6.73. The molecule has 0 aliphatic carbocycles. The Morgan fingerprint density at radius 1 is 1.06 bits per heavy atom. The Morgan fingerprint density at radius 3 is 2.38 bits per heavy atom. The monoisotopic (exact) mass is 427 g/mol. The third-order valence-corrected chi connectivity index (χ3v) is 5.48. The van der Waals surface area contributed by atoms with Crippen molar-refractivity contribution in [3.8, 4) is 6.07 Å². The summed E-state index contributed by atoms with van der Waals surface area (Å²) < 4.78 is 5.16. The molecule has 1 aliphatic heterocycles. The van der Waals surface area contributed by atoms with Crippen molar-refractivity contribution in [2.75, 3.05) is 37.7 Å². The summed E-state index contributed by atoms with van der Waals surface area (Å²) in [5.41, 5.74) is 3.00. The summed E-state index contributed by atoms with van der Waals surface area (Å²) in [6, 6.07) is 19.9. The van der Waals surface area contributed by atoms with Gasteiger partial charge < -0.3 is 9.64 Å². The Bertz CT molecular complexity index is 1130. The van der Waals surface area contributed by atoms with Crippen molar-refractivity contribution >= 4 is 22.8 Å². The maximum atomic E-state index is 12.6. The number of anilines is 1. The SMILES string of the molecule is C=CCOC(=O)[C@H](C#N)c1nc2ccccc2nc1N1CCN(Cc2ccccc2)CC1. The first-order valence-electron chi connectivity index (χ1n) is 10.6. The van der Waals surface area contributed by atoms with E-state index in [2.05, 4.69) is 51.7 Å². The van der Waals surface area contributed by atoms with Gasteiger partial charge in [0.1, 0.15) is 12.3 Å². The number of carbonyl (C=O) groups excluding carboxylic acids is 1. The van der Waals surface area contributed by atoms with E-state index in [1.54, 1.807) is 0 Å². The molecular formula is C25H25N5O2. The van der Waals surface area contributed by atoms with Crippen molar-refractivity contribution < 1.29 is 9.53 Å². The van der Waals surface area contributed by atoms with Crippen molar-refractivity contribution in [3.05, 3.63) is 78.5 Å². The molecule has 0 saturated carbocycles. The normalized spacial score (nSPS) is 15.2. The van der Waals surface area contributed by atoms with Gasteiger partial charge >= 0.3 is 5.97 Å². The highest BCUT2D eigenvalue weighted by atomic mass is 16.5. The Balaban J connectivity index is 1.60. The highest BCUT2D eigenvalue weighted by molar-refractivity contribution is 5.85. The minimum atomic E-state index is -1.15. The van der Waals surface area contributed by atoms with Gasteiger partial charge in [-0.25, -0.2) is 9.97 Å². The predicted octanol–water partition coefficient (Wildman–Crippen LogP) is 3.29. The molecule has 0 amide bonds. The molecule has 7 nitrogen and oxygen atoms in total. The topological polar surface area (TPSA) is 82.3 Å². The average molecular weight is 428 g/mol. The van der Waals surface area contributed by atoms with Crippen LogP contribution >= 0.6 is 0 Å². The lowest BCUT2D eigenvalue weighted by atomic mass is 10.1. The molecule has 0 N–H and O–H groups in total. The molecule has 0 spiro atoms. The van der Waals surface area contributed by atoms with Gasteiger partial charge in [-0.15, -0.1) is 0 Å². The summed E-state index contributed by atoms with van der Waals surface area (Å²) in [7, 11) is 0. The predicted molar refractivity (Wildman–Crippen MR) is 123 cm³/mol. The highest BCUT2D eigenvalue weighted by Gasteiger charge is 2.31. The lowest BCUT2D eigenvalue weighted by Gasteiger charge is -2.36. The number of fused-ring (bicyclic) bond motifs is 1. The van der Waals surface area contributed by atoms with Gasteiger partial charge in [-0.2, -0.15) is 5.26 Å². The van der Waals surface area contributed by atoms with E-state index in [1.165, 1.54) is 11.6 Å². The molecule has 7 heteroatoms.